The molecule has 2 aromatic heterocycles. The molecule has 2 aromatic rings. The van der Waals surface area contributed by atoms with E-state index in [-0.39, 0.29) is 21.1 Å². The Morgan fingerprint density at radius 2 is 1.11 bits per heavy atom. The maximum absolute atomic E-state index is 8.25. The van der Waals surface area contributed by atoms with Crippen LogP contribution in [0.25, 0.3) is 11.4 Å². The second-order valence-electron chi connectivity index (χ2n) is 2.62. The molecule has 0 fully saturated rings. The van der Waals surface area contributed by atoms with Gasteiger partial charge in [0, 0.05) is 25.3 Å². The molecular formula is C12H10N2O4Pt. The van der Waals surface area contributed by atoms with Crippen molar-refractivity contribution >= 4 is 12.9 Å². The summed E-state index contributed by atoms with van der Waals surface area (Å²) in [5, 5.41) is 16.5. The second-order valence-corrected chi connectivity index (χ2v) is 2.62. The molecular weight excluding hydrogens is 431 g/mol. The third-order valence-electron chi connectivity index (χ3n) is 1.59. The van der Waals surface area contributed by atoms with Gasteiger partial charge >= 0.3 is 21.1 Å². The zero-order valence-corrected chi connectivity index (χ0v) is 11.9. The largest absolute Gasteiger partial charge is 2.00 e. The summed E-state index contributed by atoms with van der Waals surface area (Å²) in [7, 11) is 0. The number of carboxylic acid groups (broad SMARTS) is 2. The van der Waals surface area contributed by atoms with Gasteiger partial charge < -0.3 is 19.8 Å². The van der Waals surface area contributed by atoms with E-state index in [1.54, 1.807) is 12.4 Å². The average Bonchev–Trinajstić information content (AvgIpc) is 2.43. The van der Waals surface area contributed by atoms with Crippen LogP contribution in [0.2, 0.25) is 0 Å². The van der Waals surface area contributed by atoms with E-state index in [1.165, 1.54) is 0 Å². The van der Waals surface area contributed by atoms with Crippen LogP contribution < -0.4 is 10.2 Å². The van der Waals surface area contributed by atoms with Crippen LogP contribution in [0, 0.1) is 0 Å². The Kier molecular flexibility index (Phi) is 14.2. The van der Waals surface area contributed by atoms with Crippen molar-refractivity contribution in [1.29, 1.82) is 0 Å². The number of carbonyl (C=O) groups excluding carboxylic acids is 2. The van der Waals surface area contributed by atoms with E-state index in [0.29, 0.717) is 0 Å². The van der Waals surface area contributed by atoms with Crippen LogP contribution in [-0.2, 0) is 30.7 Å². The first kappa shape index (κ1) is 19.3. The minimum Gasteiger partial charge on any atom is -0.554 e. The predicted octanol–water partition coefficient (Wildman–Crippen LogP) is -1.13. The topological polar surface area (TPSA) is 106 Å². The van der Waals surface area contributed by atoms with Crippen LogP contribution in [0.4, 0.5) is 0 Å². The van der Waals surface area contributed by atoms with Gasteiger partial charge in [0.1, 0.15) is 0 Å². The monoisotopic (exact) mass is 441 g/mol. The number of hydrogen-bond acceptors (Lipinski definition) is 6. The minimum absolute atomic E-state index is 0. The molecule has 0 aliphatic carbocycles. The van der Waals surface area contributed by atoms with Crippen molar-refractivity contribution in [3.05, 3.63) is 48.8 Å². The van der Waals surface area contributed by atoms with E-state index in [4.69, 9.17) is 19.8 Å². The third-order valence-corrected chi connectivity index (χ3v) is 1.59. The zero-order chi connectivity index (χ0) is 13.6. The summed E-state index contributed by atoms with van der Waals surface area (Å²) in [5.74, 6) is 0. The van der Waals surface area contributed by atoms with Gasteiger partial charge in [-0.2, -0.15) is 0 Å². The molecule has 0 aliphatic rings. The van der Waals surface area contributed by atoms with Crippen LogP contribution in [0.1, 0.15) is 0 Å². The van der Waals surface area contributed by atoms with Gasteiger partial charge in [0.05, 0.1) is 11.4 Å². The minimum atomic E-state index is -0.500. The van der Waals surface area contributed by atoms with Crippen LogP contribution in [0.15, 0.2) is 48.8 Å². The smallest absolute Gasteiger partial charge is 0.554 e. The summed E-state index contributed by atoms with van der Waals surface area (Å²) in [5.41, 5.74) is 1.83. The summed E-state index contributed by atoms with van der Waals surface area (Å²) in [6, 6.07) is 11.6. The normalized spacial score (nSPS) is 7.37. The molecule has 0 unspecified atom stereocenters. The molecule has 0 saturated heterocycles. The molecule has 2 rings (SSSR count). The number of aromatic nitrogens is 2. The summed E-state index contributed by atoms with van der Waals surface area (Å²) in [6.07, 6.45) is 3.54. The van der Waals surface area contributed by atoms with Crippen LogP contribution in [0.5, 0.6) is 0 Å². The van der Waals surface area contributed by atoms with Gasteiger partial charge in [-0.3, -0.25) is 9.97 Å². The van der Waals surface area contributed by atoms with Gasteiger partial charge in [0.2, 0.25) is 0 Å². The Morgan fingerprint density at radius 1 is 0.789 bits per heavy atom. The summed E-state index contributed by atoms with van der Waals surface area (Å²) >= 11 is 0. The number of hydrogen-bond donors (Lipinski definition) is 0. The van der Waals surface area contributed by atoms with E-state index in [2.05, 4.69) is 9.97 Å². The number of rotatable bonds is 1. The van der Waals surface area contributed by atoms with Crippen LogP contribution in [0.3, 0.4) is 0 Å². The maximum Gasteiger partial charge on any atom is 2.00 e. The Balaban J connectivity index is 0. The molecule has 0 radical (unpaired) electrons. The Morgan fingerprint density at radius 3 is 1.32 bits per heavy atom. The summed E-state index contributed by atoms with van der Waals surface area (Å²) < 4.78 is 0. The van der Waals surface area contributed by atoms with Crippen molar-refractivity contribution in [3.8, 4) is 11.4 Å². The Bertz CT molecular complexity index is 396. The molecule has 0 saturated carbocycles. The molecule has 0 amide bonds. The van der Waals surface area contributed by atoms with Crippen LogP contribution in [-0.4, -0.2) is 22.9 Å². The molecule has 7 heteroatoms. The molecule has 6 nitrogen and oxygen atoms in total. The maximum atomic E-state index is 8.25. The van der Waals surface area contributed by atoms with Crippen molar-refractivity contribution in [2.24, 2.45) is 0 Å². The molecule has 0 spiro atoms. The van der Waals surface area contributed by atoms with E-state index in [1.807, 2.05) is 36.4 Å². The fraction of sp³-hybridized carbons (Fsp3) is 0. The quantitative estimate of drug-likeness (QED) is 0.519. The molecule has 102 valence electrons. The van der Waals surface area contributed by atoms with Crippen molar-refractivity contribution in [2.45, 2.75) is 0 Å². The van der Waals surface area contributed by atoms with Gasteiger partial charge in [-0.25, -0.2) is 0 Å². The van der Waals surface area contributed by atoms with Crippen molar-refractivity contribution in [3.63, 3.8) is 0 Å². The molecule has 0 N–H and O–H groups in total. The van der Waals surface area contributed by atoms with Gasteiger partial charge in [0.25, 0.3) is 0 Å². The van der Waals surface area contributed by atoms with Crippen molar-refractivity contribution < 1.29 is 40.9 Å². The average molecular weight is 441 g/mol. The van der Waals surface area contributed by atoms with Crippen molar-refractivity contribution in [1.82, 2.24) is 9.97 Å². The van der Waals surface area contributed by atoms with Gasteiger partial charge in [-0.15, -0.1) is 0 Å². The van der Waals surface area contributed by atoms with E-state index in [0.717, 1.165) is 11.4 Å². The molecule has 0 aliphatic heterocycles. The number of nitrogens with zero attached hydrogens (tertiary/aromatic N) is 2. The Labute approximate surface area is 124 Å². The van der Waals surface area contributed by atoms with Gasteiger partial charge in [-0.05, 0) is 24.3 Å². The fourth-order valence-corrected chi connectivity index (χ4v) is 1.03. The molecule has 19 heavy (non-hydrogen) atoms. The standard InChI is InChI=1S/C10H8N2.2CH2O2.Pt/c1-3-7-11-9(5-1)10-6-2-4-8-12-10;2*2-1-3;/h1-8H;2*1H,(H,2,3);/q;;;+2/p-2. The SMILES string of the molecule is O=C[O-].O=C[O-].[Pt+2].c1ccc(-c2ccccn2)nc1. The first-order valence-corrected chi connectivity index (χ1v) is 4.73. The van der Waals surface area contributed by atoms with E-state index in [9.17, 15) is 0 Å². The van der Waals surface area contributed by atoms with E-state index >= 15 is 0 Å². The first-order chi connectivity index (χ1) is 8.79. The zero-order valence-electron chi connectivity index (χ0n) is 9.62. The molecule has 2 heterocycles. The summed E-state index contributed by atoms with van der Waals surface area (Å²) in [6.45, 7) is -1.00. The number of pyridine rings is 2. The van der Waals surface area contributed by atoms with Crippen molar-refractivity contribution in [2.75, 3.05) is 0 Å². The third kappa shape index (κ3) is 9.61. The van der Waals surface area contributed by atoms with Gasteiger partial charge in [-0.1, -0.05) is 12.1 Å². The Hall–Kier alpha value is -2.07. The molecule has 0 bridgehead atoms. The second kappa shape index (κ2) is 14.0. The molecule has 0 atom stereocenters. The first-order valence-electron chi connectivity index (χ1n) is 4.73. The number of carbonyl (C=O) groups is 2. The summed E-state index contributed by atoms with van der Waals surface area (Å²) in [4.78, 5) is 24.9. The molecule has 0 aromatic carbocycles. The van der Waals surface area contributed by atoms with Crippen LogP contribution >= 0.6 is 0 Å². The predicted molar refractivity (Wildman–Crippen MR) is 59.6 cm³/mol. The van der Waals surface area contributed by atoms with Gasteiger partial charge in [0.15, 0.2) is 0 Å². The fourth-order valence-electron chi connectivity index (χ4n) is 1.03. The van der Waals surface area contributed by atoms with E-state index < -0.39 is 12.9 Å².